The zero-order valence-electron chi connectivity index (χ0n) is 9.06. The van der Waals surface area contributed by atoms with Gasteiger partial charge in [0.15, 0.2) is 0 Å². The highest BCUT2D eigenvalue weighted by Gasteiger charge is 2.33. The van der Waals surface area contributed by atoms with E-state index in [1.165, 1.54) is 0 Å². The molecule has 16 heavy (non-hydrogen) atoms. The lowest BCUT2D eigenvalue weighted by atomic mass is 10.0. The second kappa shape index (κ2) is 4.12. The second-order valence-electron chi connectivity index (χ2n) is 4.35. The molecule has 1 aromatic rings. The molecule has 1 saturated heterocycles. The third-order valence-electron chi connectivity index (χ3n) is 3.06. The van der Waals surface area contributed by atoms with Gasteiger partial charge in [-0.05, 0) is 30.7 Å². The first-order chi connectivity index (χ1) is 7.67. The highest BCUT2D eigenvalue weighted by Crippen LogP contribution is 2.25. The summed E-state index contributed by atoms with van der Waals surface area (Å²) in [5.74, 6) is 0. The van der Waals surface area contributed by atoms with E-state index in [9.17, 15) is 5.11 Å². The number of benzene rings is 1. The maximum atomic E-state index is 9.18. The predicted octanol–water partition coefficient (Wildman–Crippen LogP) is 0.458. The average molecular weight is 217 g/mol. The summed E-state index contributed by atoms with van der Waals surface area (Å²) >= 11 is 0. The van der Waals surface area contributed by atoms with E-state index in [-0.39, 0.29) is 6.61 Å². The van der Waals surface area contributed by atoms with Gasteiger partial charge in [0.25, 0.3) is 0 Å². The van der Waals surface area contributed by atoms with Crippen LogP contribution in [0.5, 0.6) is 0 Å². The third-order valence-corrected chi connectivity index (χ3v) is 3.06. The molecule has 2 rings (SSSR count). The number of rotatable bonds is 2. The number of nitrogens with two attached hydrogens (primary N) is 1. The molecular formula is C12H15N3O. The molecule has 1 aliphatic rings. The number of hydrogen-bond donors (Lipinski definition) is 2. The molecular weight excluding hydrogens is 202 g/mol. The molecule has 0 bridgehead atoms. The number of nitrogens with zero attached hydrogens (tertiary/aromatic N) is 2. The zero-order valence-corrected chi connectivity index (χ0v) is 9.06. The summed E-state index contributed by atoms with van der Waals surface area (Å²) in [7, 11) is 0. The van der Waals surface area contributed by atoms with Crippen LogP contribution in [0.25, 0.3) is 0 Å². The van der Waals surface area contributed by atoms with Crippen molar-refractivity contribution in [2.75, 3.05) is 24.6 Å². The van der Waals surface area contributed by atoms with Gasteiger partial charge in [0, 0.05) is 18.8 Å². The van der Waals surface area contributed by atoms with Gasteiger partial charge in [0.2, 0.25) is 0 Å². The Kier molecular flexibility index (Phi) is 2.82. The van der Waals surface area contributed by atoms with Crippen molar-refractivity contribution in [1.82, 2.24) is 0 Å². The van der Waals surface area contributed by atoms with Crippen LogP contribution in [0.2, 0.25) is 0 Å². The monoisotopic (exact) mass is 217 g/mol. The molecule has 1 heterocycles. The van der Waals surface area contributed by atoms with Crippen LogP contribution >= 0.6 is 0 Å². The molecule has 0 aliphatic carbocycles. The fourth-order valence-electron chi connectivity index (χ4n) is 1.99. The van der Waals surface area contributed by atoms with Crippen LogP contribution in [-0.2, 0) is 0 Å². The smallest absolute Gasteiger partial charge is 0.0991 e. The van der Waals surface area contributed by atoms with E-state index in [1.54, 1.807) is 12.1 Å². The molecule has 4 heteroatoms. The number of anilines is 1. The molecule has 1 fully saturated rings. The van der Waals surface area contributed by atoms with Crippen molar-refractivity contribution in [3.05, 3.63) is 29.8 Å². The first-order valence-corrected chi connectivity index (χ1v) is 5.32. The summed E-state index contributed by atoms with van der Waals surface area (Å²) in [5, 5.41) is 17.9. The van der Waals surface area contributed by atoms with Crippen LogP contribution in [-0.4, -0.2) is 30.3 Å². The fourth-order valence-corrected chi connectivity index (χ4v) is 1.99. The second-order valence-corrected chi connectivity index (χ2v) is 4.35. The fraction of sp³-hybridized carbons (Fsp3) is 0.417. The van der Waals surface area contributed by atoms with E-state index >= 15 is 0 Å². The number of hydrogen-bond acceptors (Lipinski definition) is 4. The topological polar surface area (TPSA) is 73.3 Å². The van der Waals surface area contributed by atoms with Crippen molar-refractivity contribution in [3.8, 4) is 6.07 Å². The van der Waals surface area contributed by atoms with E-state index in [2.05, 4.69) is 11.0 Å². The largest absolute Gasteiger partial charge is 0.394 e. The van der Waals surface area contributed by atoms with Crippen LogP contribution in [0.4, 0.5) is 5.69 Å². The summed E-state index contributed by atoms with van der Waals surface area (Å²) in [6.45, 7) is 1.53. The van der Waals surface area contributed by atoms with Gasteiger partial charge in [0.05, 0.1) is 23.8 Å². The highest BCUT2D eigenvalue weighted by atomic mass is 16.3. The molecule has 0 aromatic heterocycles. The van der Waals surface area contributed by atoms with Crippen LogP contribution in [0, 0.1) is 11.3 Å². The summed E-state index contributed by atoms with van der Waals surface area (Å²) in [4.78, 5) is 2.14. The molecule has 84 valence electrons. The van der Waals surface area contributed by atoms with Crippen LogP contribution in [0.3, 0.4) is 0 Å². The minimum Gasteiger partial charge on any atom is -0.394 e. The van der Waals surface area contributed by atoms with Crippen molar-refractivity contribution in [3.63, 3.8) is 0 Å². The summed E-state index contributed by atoms with van der Waals surface area (Å²) in [6.07, 6.45) is 0.795. The molecule has 1 unspecified atom stereocenters. The van der Waals surface area contributed by atoms with E-state index in [0.717, 1.165) is 18.7 Å². The van der Waals surface area contributed by atoms with Crippen LogP contribution < -0.4 is 10.6 Å². The molecule has 0 spiro atoms. The Morgan fingerprint density at radius 3 is 2.62 bits per heavy atom. The third kappa shape index (κ3) is 2.01. The van der Waals surface area contributed by atoms with Gasteiger partial charge in [0.1, 0.15) is 0 Å². The lowest BCUT2D eigenvalue weighted by molar-refractivity contribution is 0.210. The van der Waals surface area contributed by atoms with Crippen LogP contribution in [0.1, 0.15) is 12.0 Å². The van der Waals surface area contributed by atoms with Gasteiger partial charge < -0.3 is 15.7 Å². The molecule has 0 radical (unpaired) electrons. The van der Waals surface area contributed by atoms with Crippen molar-refractivity contribution in [2.45, 2.75) is 12.0 Å². The van der Waals surface area contributed by atoms with Gasteiger partial charge >= 0.3 is 0 Å². The van der Waals surface area contributed by atoms with Crippen molar-refractivity contribution >= 4 is 5.69 Å². The van der Waals surface area contributed by atoms with Crippen molar-refractivity contribution in [1.29, 1.82) is 5.26 Å². The minimum atomic E-state index is -0.478. The Morgan fingerprint density at radius 2 is 2.12 bits per heavy atom. The lowest BCUT2D eigenvalue weighted by Gasteiger charge is -2.23. The van der Waals surface area contributed by atoms with Gasteiger partial charge in [-0.25, -0.2) is 0 Å². The van der Waals surface area contributed by atoms with Crippen molar-refractivity contribution < 1.29 is 5.11 Å². The van der Waals surface area contributed by atoms with E-state index in [4.69, 9.17) is 11.0 Å². The molecule has 3 N–H and O–H groups in total. The quantitative estimate of drug-likeness (QED) is 0.754. The van der Waals surface area contributed by atoms with E-state index < -0.39 is 5.54 Å². The maximum Gasteiger partial charge on any atom is 0.0991 e. The Hall–Kier alpha value is -1.57. The highest BCUT2D eigenvalue weighted by molar-refractivity contribution is 5.51. The van der Waals surface area contributed by atoms with E-state index in [1.807, 2.05) is 12.1 Å². The first-order valence-electron chi connectivity index (χ1n) is 5.32. The number of aliphatic hydroxyl groups is 1. The maximum absolute atomic E-state index is 9.18. The summed E-state index contributed by atoms with van der Waals surface area (Å²) in [5.41, 5.74) is 7.23. The van der Waals surface area contributed by atoms with Gasteiger partial charge in [-0.2, -0.15) is 5.26 Å². The number of aliphatic hydroxyl groups excluding tert-OH is 1. The SMILES string of the molecule is N#Cc1ccc(N2CCC(N)(CO)C2)cc1. The van der Waals surface area contributed by atoms with Crippen molar-refractivity contribution in [2.24, 2.45) is 5.73 Å². The standard InChI is InChI=1S/C12H15N3O/c13-7-10-1-3-11(4-2-10)15-6-5-12(14,8-15)9-16/h1-4,16H,5-6,8-9,14H2. The molecule has 0 saturated carbocycles. The summed E-state index contributed by atoms with van der Waals surface area (Å²) < 4.78 is 0. The van der Waals surface area contributed by atoms with E-state index in [0.29, 0.717) is 12.1 Å². The lowest BCUT2D eigenvalue weighted by Crippen LogP contribution is -2.46. The Bertz CT molecular complexity index is 409. The summed E-state index contributed by atoms with van der Waals surface area (Å²) in [6, 6.07) is 9.52. The first kappa shape index (κ1) is 10.9. The molecule has 1 aromatic carbocycles. The Balaban J connectivity index is 2.12. The van der Waals surface area contributed by atoms with Gasteiger partial charge in [-0.1, -0.05) is 0 Å². The van der Waals surface area contributed by atoms with Gasteiger partial charge in [-0.3, -0.25) is 0 Å². The van der Waals surface area contributed by atoms with Crippen LogP contribution in [0.15, 0.2) is 24.3 Å². The minimum absolute atomic E-state index is 0.0137. The molecule has 0 amide bonds. The Labute approximate surface area is 94.9 Å². The molecule has 1 aliphatic heterocycles. The average Bonchev–Trinajstić information content (AvgIpc) is 2.73. The zero-order chi connectivity index (χ0) is 11.6. The number of nitriles is 1. The molecule has 4 nitrogen and oxygen atoms in total. The predicted molar refractivity (Wildman–Crippen MR) is 62.0 cm³/mol. The molecule has 1 atom stereocenters. The Morgan fingerprint density at radius 1 is 1.44 bits per heavy atom. The normalized spacial score (nSPS) is 24.4. The van der Waals surface area contributed by atoms with Gasteiger partial charge in [-0.15, -0.1) is 0 Å².